The van der Waals surface area contributed by atoms with E-state index < -0.39 is 5.41 Å². The number of hydrogen-bond acceptors (Lipinski definition) is 3. The van der Waals surface area contributed by atoms with Crippen molar-refractivity contribution in [3.63, 3.8) is 0 Å². The molecule has 1 amide bonds. The molecule has 2 N–H and O–H groups in total. The number of amides is 1. The summed E-state index contributed by atoms with van der Waals surface area (Å²) in [6, 6.07) is 4.71. The van der Waals surface area contributed by atoms with Crippen LogP contribution in [0.3, 0.4) is 0 Å². The fourth-order valence-corrected chi connectivity index (χ4v) is 3.29. The number of hydrogen-bond donors (Lipinski definition) is 1. The molecule has 2 aromatic rings. The number of rotatable bonds is 3. The summed E-state index contributed by atoms with van der Waals surface area (Å²) in [6.07, 6.45) is 5.21. The molecule has 126 valence electrons. The standard InChI is InChI=1S/C17H18BrFN4O/c1-10(2)23-9-12(8-21-23)17(7-15(20)22(3)16(17)24)11-4-5-14(19)13(18)6-11/h4-10H,20H2,1-3H3. The zero-order valence-corrected chi connectivity index (χ0v) is 15.2. The molecule has 24 heavy (non-hydrogen) atoms. The minimum atomic E-state index is -1.11. The van der Waals surface area contributed by atoms with E-state index in [1.807, 2.05) is 20.0 Å². The minimum Gasteiger partial charge on any atom is -0.385 e. The predicted molar refractivity (Wildman–Crippen MR) is 92.5 cm³/mol. The Bertz CT molecular complexity index is 845. The Labute approximate surface area is 148 Å². The lowest BCUT2D eigenvalue weighted by Crippen LogP contribution is -2.39. The molecule has 0 spiro atoms. The number of nitrogens with zero attached hydrogens (tertiary/aromatic N) is 3. The molecule has 3 rings (SSSR count). The number of nitrogens with two attached hydrogens (primary N) is 1. The molecular weight excluding hydrogens is 375 g/mol. The molecule has 1 aromatic heterocycles. The topological polar surface area (TPSA) is 64.2 Å². The molecule has 1 aliphatic rings. The molecule has 1 aliphatic heterocycles. The number of halogens is 2. The van der Waals surface area contributed by atoms with Gasteiger partial charge >= 0.3 is 0 Å². The zero-order chi connectivity index (χ0) is 17.6. The van der Waals surface area contributed by atoms with Crippen molar-refractivity contribution in [2.45, 2.75) is 25.3 Å². The van der Waals surface area contributed by atoms with Crippen LogP contribution in [-0.4, -0.2) is 27.6 Å². The number of likely N-dealkylation sites (N-methyl/N-ethyl adjacent to an activating group) is 1. The highest BCUT2D eigenvalue weighted by molar-refractivity contribution is 9.10. The molecule has 1 aromatic carbocycles. The Morgan fingerprint density at radius 3 is 2.54 bits per heavy atom. The van der Waals surface area contributed by atoms with Gasteiger partial charge in [-0.3, -0.25) is 9.48 Å². The lowest BCUT2D eigenvalue weighted by atomic mass is 9.76. The monoisotopic (exact) mass is 392 g/mol. The molecule has 2 heterocycles. The molecular formula is C17H18BrFN4O. The Balaban J connectivity index is 2.25. The summed E-state index contributed by atoms with van der Waals surface area (Å²) in [6.45, 7) is 4.01. The maximum Gasteiger partial charge on any atom is 0.247 e. The smallest absolute Gasteiger partial charge is 0.247 e. The first-order valence-electron chi connectivity index (χ1n) is 7.54. The van der Waals surface area contributed by atoms with Crippen molar-refractivity contribution in [3.8, 4) is 0 Å². The lowest BCUT2D eigenvalue weighted by Gasteiger charge is -2.26. The van der Waals surface area contributed by atoms with Crippen molar-refractivity contribution < 1.29 is 9.18 Å². The third kappa shape index (κ3) is 2.34. The first-order chi connectivity index (χ1) is 11.3. The molecule has 0 bridgehead atoms. The second-order valence-electron chi connectivity index (χ2n) is 6.17. The van der Waals surface area contributed by atoms with Gasteiger partial charge in [0.25, 0.3) is 0 Å². The molecule has 0 saturated carbocycles. The normalized spacial score (nSPS) is 20.8. The van der Waals surface area contributed by atoms with E-state index >= 15 is 0 Å². The number of benzene rings is 1. The van der Waals surface area contributed by atoms with Crippen LogP contribution < -0.4 is 5.73 Å². The molecule has 0 radical (unpaired) electrons. The highest BCUT2D eigenvalue weighted by Crippen LogP contribution is 2.41. The summed E-state index contributed by atoms with van der Waals surface area (Å²) in [5.41, 5.74) is 6.23. The second-order valence-corrected chi connectivity index (χ2v) is 7.03. The van der Waals surface area contributed by atoms with Crippen molar-refractivity contribution in [2.75, 3.05) is 7.05 Å². The SMILES string of the molecule is CC(C)n1cc(C2(c3ccc(F)c(Br)c3)C=C(N)N(C)C2=O)cn1. The maximum absolute atomic E-state index is 13.7. The van der Waals surface area contributed by atoms with Gasteiger partial charge in [0.05, 0.1) is 10.7 Å². The minimum absolute atomic E-state index is 0.159. The predicted octanol–water partition coefficient (Wildman–Crippen LogP) is 2.92. The third-order valence-corrected chi connectivity index (χ3v) is 4.96. The molecule has 0 fully saturated rings. The summed E-state index contributed by atoms with van der Waals surface area (Å²) in [5, 5.41) is 4.35. The first-order valence-corrected chi connectivity index (χ1v) is 8.33. The fraction of sp³-hybridized carbons (Fsp3) is 0.294. The van der Waals surface area contributed by atoms with Gasteiger partial charge in [-0.15, -0.1) is 0 Å². The molecule has 5 nitrogen and oxygen atoms in total. The van der Waals surface area contributed by atoms with Crippen LogP contribution in [-0.2, 0) is 10.2 Å². The maximum atomic E-state index is 13.7. The van der Waals surface area contributed by atoms with E-state index in [4.69, 9.17) is 5.73 Å². The van der Waals surface area contributed by atoms with Crippen LogP contribution in [0.1, 0.15) is 31.0 Å². The Morgan fingerprint density at radius 2 is 2.04 bits per heavy atom. The van der Waals surface area contributed by atoms with Gasteiger partial charge in [-0.25, -0.2) is 4.39 Å². The van der Waals surface area contributed by atoms with Crippen molar-refractivity contribution in [1.82, 2.24) is 14.7 Å². The quantitative estimate of drug-likeness (QED) is 0.872. The average Bonchev–Trinajstić information content (AvgIpc) is 3.11. The van der Waals surface area contributed by atoms with Gasteiger partial charge in [0.1, 0.15) is 17.1 Å². The molecule has 0 aliphatic carbocycles. The summed E-state index contributed by atoms with van der Waals surface area (Å²) >= 11 is 3.20. The number of aromatic nitrogens is 2. The van der Waals surface area contributed by atoms with Crippen molar-refractivity contribution in [3.05, 3.63) is 63.9 Å². The van der Waals surface area contributed by atoms with E-state index in [9.17, 15) is 9.18 Å². The van der Waals surface area contributed by atoms with Crippen LogP contribution in [0.2, 0.25) is 0 Å². The first kappa shape index (κ1) is 16.7. The van der Waals surface area contributed by atoms with E-state index in [1.165, 1.54) is 11.0 Å². The summed E-state index contributed by atoms with van der Waals surface area (Å²) in [4.78, 5) is 14.5. The van der Waals surface area contributed by atoms with Crippen LogP contribution in [0, 0.1) is 5.82 Å². The van der Waals surface area contributed by atoms with Crippen LogP contribution in [0.15, 0.2) is 47.0 Å². The van der Waals surface area contributed by atoms with Crippen molar-refractivity contribution >= 4 is 21.8 Å². The van der Waals surface area contributed by atoms with E-state index in [-0.39, 0.29) is 17.8 Å². The van der Waals surface area contributed by atoms with E-state index in [0.29, 0.717) is 21.4 Å². The zero-order valence-electron chi connectivity index (χ0n) is 13.6. The summed E-state index contributed by atoms with van der Waals surface area (Å²) < 4.78 is 15.8. The number of carbonyl (C=O) groups excluding carboxylic acids is 1. The molecule has 1 unspecified atom stereocenters. The molecule has 0 saturated heterocycles. The summed E-state index contributed by atoms with van der Waals surface area (Å²) in [7, 11) is 1.63. The van der Waals surface area contributed by atoms with Gasteiger partial charge in [-0.1, -0.05) is 6.07 Å². The Kier molecular flexibility index (Phi) is 3.99. The van der Waals surface area contributed by atoms with Crippen LogP contribution in [0.5, 0.6) is 0 Å². The average molecular weight is 393 g/mol. The highest BCUT2D eigenvalue weighted by atomic mass is 79.9. The van der Waals surface area contributed by atoms with Crippen molar-refractivity contribution in [1.29, 1.82) is 0 Å². The highest BCUT2D eigenvalue weighted by Gasteiger charge is 2.48. The van der Waals surface area contributed by atoms with Gasteiger partial charge in [0, 0.05) is 24.8 Å². The van der Waals surface area contributed by atoms with Crippen LogP contribution in [0.25, 0.3) is 0 Å². The third-order valence-electron chi connectivity index (χ3n) is 4.35. The summed E-state index contributed by atoms with van der Waals surface area (Å²) in [5.74, 6) is -0.220. The van der Waals surface area contributed by atoms with Crippen LogP contribution >= 0.6 is 15.9 Å². The van der Waals surface area contributed by atoms with E-state index in [0.717, 1.165) is 0 Å². The van der Waals surface area contributed by atoms with Gasteiger partial charge < -0.3 is 10.6 Å². The van der Waals surface area contributed by atoms with E-state index in [2.05, 4.69) is 21.0 Å². The van der Waals surface area contributed by atoms with Gasteiger partial charge in [-0.05, 0) is 53.5 Å². The Morgan fingerprint density at radius 1 is 1.33 bits per heavy atom. The van der Waals surface area contributed by atoms with Gasteiger partial charge in [0.15, 0.2) is 0 Å². The lowest BCUT2D eigenvalue weighted by molar-refractivity contribution is -0.129. The van der Waals surface area contributed by atoms with Crippen molar-refractivity contribution in [2.24, 2.45) is 5.73 Å². The van der Waals surface area contributed by atoms with E-state index in [1.54, 1.807) is 36.1 Å². The second kappa shape index (κ2) is 5.73. The largest absolute Gasteiger partial charge is 0.385 e. The van der Waals surface area contributed by atoms with Gasteiger partial charge in [0.2, 0.25) is 5.91 Å². The Hall–Kier alpha value is -2.15. The van der Waals surface area contributed by atoms with Gasteiger partial charge in [-0.2, -0.15) is 5.10 Å². The fourth-order valence-electron chi connectivity index (χ4n) is 2.91. The van der Waals surface area contributed by atoms with Crippen LogP contribution in [0.4, 0.5) is 4.39 Å². The number of carbonyl (C=O) groups is 1. The molecule has 1 atom stereocenters. The molecule has 7 heteroatoms.